The Balaban J connectivity index is 2.82. The maximum atomic E-state index is 10.7. The number of carbonyl (C=O) groups is 1. The number of thiazole rings is 1. The number of fused-ring (bicyclic) bond motifs is 1. The number of carboxylic acids is 1. The molecule has 0 spiro atoms. The molecule has 0 amide bonds. The molecule has 0 radical (unpaired) electrons. The zero-order chi connectivity index (χ0) is 11.0. The maximum Gasteiger partial charge on any atom is 0.335 e. The highest BCUT2D eigenvalue weighted by Crippen LogP contribution is 2.23. The van der Waals surface area contributed by atoms with Crippen LogP contribution < -0.4 is 0 Å². The summed E-state index contributed by atoms with van der Waals surface area (Å²) in [4.78, 5) is 10.7. The Labute approximate surface area is 94.6 Å². The molecule has 5 heteroatoms. The summed E-state index contributed by atoms with van der Waals surface area (Å²) in [5, 5.41) is 8.81. The Morgan fingerprint density at radius 2 is 2.33 bits per heavy atom. The van der Waals surface area contributed by atoms with Crippen LogP contribution in [0.25, 0.3) is 10.2 Å². The van der Waals surface area contributed by atoms with E-state index in [-0.39, 0.29) is 5.56 Å². The monoisotopic (exact) mass is 235 g/mol. The third-order valence-electron chi connectivity index (χ3n) is 1.96. The molecule has 0 saturated carbocycles. The van der Waals surface area contributed by atoms with Crippen molar-refractivity contribution < 1.29 is 9.90 Å². The molecule has 0 fully saturated rings. The van der Waals surface area contributed by atoms with Gasteiger partial charge in [0.2, 0.25) is 0 Å². The second-order valence-corrected chi connectivity index (χ2v) is 4.50. The van der Waals surface area contributed by atoms with E-state index >= 15 is 0 Å². The smallest absolute Gasteiger partial charge is 0.335 e. The summed E-state index contributed by atoms with van der Waals surface area (Å²) in [5.41, 5.74) is 1.01. The van der Waals surface area contributed by atoms with Crippen molar-refractivity contribution in [2.75, 3.05) is 0 Å². The Morgan fingerprint density at radius 1 is 1.60 bits per heavy atom. The highest BCUT2D eigenvalue weighted by Gasteiger charge is 2.07. The van der Waals surface area contributed by atoms with Crippen molar-refractivity contribution in [1.82, 2.24) is 4.57 Å². The lowest BCUT2D eigenvalue weighted by Crippen LogP contribution is -1.95. The summed E-state index contributed by atoms with van der Waals surface area (Å²) >= 11 is 6.36. The van der Waals surface area contributed by atoms with Crippen LogP contribution in [0.1, 0.15) is 10.4 Å². The summed E-state index contributed by atoms with van der Waals surface area (Å²) in [7, 11) is 0. The molecule has 3 nitrogen and oxygen atoms in total. The van der Waals surface area contributed by atoms with E-state index in [0.717, 1.165) is 10.2 Å². The van der Waals surface area contributed by atoms with Gasteiger partial charge in [0.1, 0.15) is 0 Å². The number of hydrogen-bond donors (Lipinski definition) is 1. The highest BCUT2D eigenvalue weighted by molar-refractivity contribution is 7.73. The van der Waals surface area contributed by atoms with Crippen molar-refractivity contribution in [3.8, 4) is 12.5 Å². The molecular formula is C10H5NO2S2. The molecule has 0 aliphatic heterocycles. The molecule has 0 saturated heterocycles. The van der Waals surface area contributed by atoms with Crippen molar-refractivity contribution in [3.05, 3.63) is 27.7 Å². The van der Waals surface area contributed by atoms with E-state index in [1.54, 1.807) is 12.1 Å². The first kappa shape index (κ1) is 9.90. The highest BCUT2D eigenvalue weighted by atomic mass is 32.1. The molecule has 2 aromatic rings. The minimum atomic E-state index is -0.955. The number of aromatic nitrogens is 1. The fourth-order valence-corrected chi connectivity index (χ4v) is 2.57. The van der Waals surface area contributed by atoms with Gasteiger partial charge < -0.3 is 5.11 Å². The number of nitrogens with zero attached hydrogens (tertiary/aromatic N) is 1. The SMILES string of the molecule is C#Cn1c(=S)sc2cc(C(=O)O)ccc21. The van der Waals surface area contributed by atoms with E-state index in [2.05, 4.69) is 6.04 Å². The molecule has 1 aromatic carbocycles. The first-order chi connectivity index (χ1) is 7.13. The van der Waals surface area contributed by atoms with Gasteiger partial charge in [0.25, 0.3) is 0 Å². The lowest BCUT2D eigenvalue weighted by molar-refractivity contribution is 0.0697. The van der Waals surface area contributed by atoms with Crippen molar-refractivity contribution >= 4 is 39.7 Å². The van der Waals surface area contributed by atoms with E-state index in [0.29, 0.717) is 3.95 Å². The average Bonchev–Trinajstić information content (AvgIpc) is 2.51. The summed E-state index contributed by atoms with van der Waals surface area (Å²) in [6.45, 7) is 0. The molecule has 0 aliphatic rings. The van der Waals surface area contributed by atoms with Crippen LogP contribution in [0.5, 0.6) is 0 Å². The van der Waals surface area contributed by atoms with Gasteiger partial charge in [0.05, 0.1) is 15.8 Å². The Morgan fingerprint density at radius 3 is 2.93 bits per heavy atom. The molecular weight excluding hydrogens is 230 g/mol. The van der Waals surface area contributed by atoms with E-state index in [1.807, 2.05) is 0 Å². The largest absolute Gasteiger partial charge is 0.478 e. The van der Waals surface area contributed by atoms with Crippen LogP contribution in [-0.4, -0.2) is 15.6 Å². The van der Waals surface area contributed by atoms with Crippen LogP contribution in [0, 0.1) is 16.4 Å². The van der Waals surface area contributed by atoms with Gasteiger partial charge in [-0.2, -0.15) is 0 Å². The first-order valence-corrected chi connectivity index (χ1v) is 5.21. The van der Waals surface area contributed by atoms with Crippen LogP contribution in [0.4, 0.5) is 0 Å². The van der Waals surface area contributed by atoms with Gasteiger partial charge in [-0.1, -0.05) is 6.42 Å². The molecule has 74 valence electrons. The molecule has 0 unspecified atom stereocenters. The van der Waals surface area contributed by atoms with E-state index < -0.39 is 5.97 Å². The Hall–Kier alpha value is -1.64. The van der Waals surface area contributed by atoms with Crippen LogP contribution in [0.2, 0.25) is 0 Å². The summed E-state index contributed by atoms with van der Waals surface area (Å²) in [6, 6.07) is 7.20. The number of benzene rings is 1. The predicted molar refractivity (Wildman–Crippen MR) is 61.8 cm³/mol. The topological polar surface area (TPSA) is 42.2 Å². The van der Waals surface area contributed by atoms with Crippen LogP contribution in [-0.2, 0) is 0 Å². The number of carboxylic acid groups (broad SMARTS) is 1. The zero-order valence-corrected chi connectivity index (χ0v) is 9.06. The Bertz CT molecular complexity index is 645. The maximum absolute atomic E-state index is 10.7. The molecule has 0 bridgehead atoms. The fraction of sp³-hybridized carbons (Fsp3) is 0. The van der Waals surface area contributed by atoms with Crippen molar-refractivity contribution in [1.29, 1.82) is 0 Å². The Kier molecular flexibility index (Phi) is 2.31. The van der Waals surface area contributed by atoms with Gasteiger partial charge in [-0.15, -0.1) is 11.3 Å². The molecule has 1 N–H and O–H groups in total. The van der Waals surface area contributed by atoms with Gasteiger partial charge in [-0.05, 0) is 30.4 Å². The van der Waals surface area contributed by atoms with Gasteiger partial charge in [-0.25, -0.2) is 9.36 Å². The van der Waals surface area contributed by atoms with Crippen LogP contribution in [0.3, 0.4) is 0 Å². The van der Waals surface area contributed by atoms with Gasteiger partial charge in [0, 0.05) is 6.04 Å². The van der Waals surface area contributed by atoms with E-state index in [9.17, 15) is 4.79 Å². The number of hydrogen-bond acceptors (Lipinski definition) is 3. The van der Waals surface area contributed by atoms with Crippen LogP contribution in [0.15, 0.2) is 18.2 Å². The predicted octanol–water partition coefficient (Wildman–Crippen LogP) is 2.57. The van der Waals surface area contributed by atoms with Crippen molar-refractivity contribution in [2.24, 2.45) is 0 Å². The lowest BCUT2D eigenvalue weighted by Gasteiger charge is -1.95. The van der Waals surface area contributed by atoms with E-state index in [4.69, 9.17) is 23.7 Å². The van der Waals surface area contributed by atoms with Crippen molar-refractivity contribution in [2.45, 2.75) is 0 Å². The van der Waals surface area contributed by atoms with Gasteiger partial charge in [-0.3, -0.25) is 0 Å². The fourth-order valence-electron chi connectivity index (χ4n) is 1.27. The summed E-state index contributed by atoms with van der Waals surface area (Å²) in [6.07, 6.45) is 5.30. The average molecular weight is 235 g/mol. The van der Waals surface area contributed by atoms with Gasteiger partial charge >= 0.3 is 5.97 Å². The number of rotatable bonds is 1. The minimum absolute atomic E-state index is 0.239. The molecule has 15 heavy (non-hydrogen) atoms. The second-order valence-electron chi connectivity index (χ2n) is 2.82. The molecule has 0 aliphatic carbocycles. The van der Waals surface area contributed by atoms with Crippen LogP contribution >= 0.6 is 23.6 Å². The zero-order valence-electron chi connectivity index (χ0n) is 7.43. The number of terminal acetylenes is 1. The molecule has 0 atom stereocenters. The first-order valence-electron chi connectivity index (χ1n) is 3.99. The van der Waals surface area contributed by atoms with Gasteiger partial charge in [0.15, 0.2) is 3.95 Å². The molecule has 1 heterocycles. The normalized spacial score (nSPS) is 10.1. The third-order valence-corrected chi connectivity index (χ3v) is 3.29. The van der Waals surface area contributed by atoms with Crippen molar-refractivity contribution in [3.63, 3.8) is 0 Å². The summed E-state index contributed by atoms with van der Waals surface area (Å²) < 4.78 is 2.87. The lowest BCUT2D eigenvalue weighted by atomic mass is 10.2. The quantitative estimate of drug-likeness (QED) is 0.610. The second kappa shape index (κ2) is 3.50. The standard InChI is InChI=1S/C10H5NO2S2/c1-2-11-7-4-3-6(9(12)13)5-8(7)15-10(11)14/h1,3-5H,(H,12,13). The van der Waals surface area contributed by atoms with E-state index in [1.165, 1.54) is 22.0 Å². The minimum Gasteiger partial charge on any atom is -0.478 e. The summed E-state index contributed by atoms with van der Waals surface area (Å²) in [5.74, 6) is -0.955. The molecule has 1 aromatic heterocycles. The third kappa shape index (κ3) is 1.54. The molecule has 2 rings (SSSR count). The number of aromatic carboxylic acids is 1.